The number of ether oxygens (including phenoxy) is 1. The van der Waals surface area contributed by atoms with Gasteiger partial charge in [-0.05, 0) is 43.2 Å². The minimum Gasteiger partial charge on any atom is -0.493 e. The van der Waals surface area contributed by atoms with Gasteiger partial charge in [-0.15, -0.1) is 10.2 Å². The summed E-state index contributed by atoms with van der Waals surface area (Å²) in [5.74, 6) is 0.368. The molecule has 6 nitrogen and oxygen atoms in total. The number of hydrogen-bond donors (Lipinski definition) is 1. The van der Waals surface area contributed by atoms with Gasteiger partial charge in [0.15, 0.2) is 0 Å². The third-order valence-electron chi connectivity index (χ3n) is 3.73. The molecule has 0 unspecified atom stereocenters. The van der Waals surface area contributed by atoms with Crippen LogP contribution in [0.15, 0.2) is 53.3 Å². The van der Waals surface area contributed by atoms with Crippen molar-refractivity contribution in [3.8, 4) is 17.2 Å². The maximum Gasteiger partial charge on any atom is 0.247 e. The molecule has 0 fully saturated rings. The van der Waals surface area contributed by atoms with Crippen LogP contribution in [-0.2, 0) is 4.79 Å². The summed E-state index contributed by atoms with van der Waals surface area (Å²) in [4.78, 5) is 12.1. The van der Waals surface area contributed by atoms with Crippen LogP contribution in [0.1, 0.15) is 18.4 Å². The highest BCUT2D eigenvalue weighted by atomic mass is 19.1. The first-order valence-corrected chi connectivity index (χ1v) is 8.17. The van der Waals surface area contributed by atoms with E-state index in [2.05, 4.69) is 15.5 Å². The molecular weight excluding hydrogens is 337 g/mol. The second-order valence-corrected chi connectivity index (χ2v) is 5.73. The van der Waals surface area contributed by atoms with Gasteiger partial charge in [0.05, 0.1) is 6.61 Å². The van der Waals surface area contributed by atoms with E-state index in [4.69, 9.17) is 9.15 Å². The third kappa shape index (κ3) is 4.66. The van der Waals surface area contributed by atoms with E-state index in [0.717, 1.165) is 11.1 Å². The molecule has 2 aromatic carbocycles. The maximum absolute atomic E-state index is 13.1. The van der Waals surface area contributed by atoms with Gasteiger partial charge in [-0.3, -0.25) is 4.79 Å². The van der Waals surface area contributed by atoms with Crippen molar-refractivity contribution >= 4 is 11.6 Å². The lowest BCUT2D eigenvalue weighted by Gasteiger charge is -2.10. The zero-order valence-corrected chi connectivity index (χ0v) is 14.2. The van der Waals surface area contributed by atoms with Crippen LogP contribution in [0.3, 0.4) is 0 Å². The summed E-state index contributed by atoms with van der Waals surface area (Å²) in [6.45, 7) is 2.23. The molecule has 0 aliphatic rings. The van der Waals surface area contributed by atoms with Crippen LogP contribution in [-0.4, -0.2) is 22.7 Å². The zero-order chi connectivity index (χ0) is 18.4. The van der Waals surface area contributed by atoms with Gasteiger partial charge in [-0.25, -0.2) is 4.39 Å². The number of hydrogen-bond acceptors (Lipinski definition) is 5. The summed E-state index contributed by atoms with van der Waals surface area (Å²) in [5, 5.41) is 10.4. The molecule has 0 bridgehead atoms. The molecule has 1 N–H and O–H groups in total. The summed E-state index contributed by atoms with van der Waals surface area (Å²) in [5.41, 5.74) is 2.35. The van der Waals surface area contributed by atoms with Gasteiger partial charge >= 0.3 is 0 Å². The molecule has 0 spiro atoms. The van der Waals surface area contributed by atoms with E-state index in [0.29, 0.717) is 36.8 Å². The minimum atomic E-state index is -0.350. The standard InChI is InChI=1S/C19H18FN3O3/c1-13-7-8-14(19-23-21-12-26-19)10-17(13)22-18(24)6-3-9-25-16-5-2-4-15(20)11-16/h2,4-5,7-8,10-12H,3,6,9H2,1H3,(H,22,24). The topological polar surface area (TPSA) is 77.3 Å². The highest BCUT2D eigenvalue weighted by molar-refractivity contribution is 5.92. The maximum atomic E-state index is 13.1. The smallest absolute Gasteiger partial charge is 0.247 e. The van der Waals surface area contributed by atoms with Crippen molar-refractivity contribution in [2.24, 2.45) is 0 Å². The Morgan fingerprint density at radius 1 is 1.27 bits per heavy atom. The number of anilines is 1. The predicted octanol–water partition coefficient (Wildman–Crippen LogP) is 3.98. The number of rotatable bonds is 7. The number of halogens is 1. The van der Waals surface area contributed by atoms with E-state index < -0.39 is 0 Å². The molecule has 1 aromatic heterocycles. The quantitative estimate of drug-likeness (QED) is 0.649. The Labute approximate surface area is 150 Å². The lowest BCUT2D eigenvalue weighted by Crippen LogP contribution is -2.13. The highest BCUT2D eigenvalue weighted by Crippen LogP contribution is 2.24. The fourth-order valence-electron chi connectivity index (χ4n) is 2.38. The van der Waals surface area contributed by atoms with Gasteiger partial charge in [-0.2, -0.15) is 0 Å². The normalized spacial score (nSPS) is 10.5. The van der Waals surface area contributed by atoms with Crippen LogP contribution >= 0.6 is 0 Å². The van der Waals surface area contributed by atoms with Crippen molar-refractivity contribution in [3.63, 3.8) is 0 Å². The van der Waals surface area contributed by atoms with Gasteiger partial charge in [0.2, 0.25) is 18.2 Å². The molecule has 1 heterocycles. The predicted molar refractivity (Wildman–Crippen MR) is 94.2 cm³/mol. The van der Waals surface area contributed by atoms with Crippen LogP contribution in [0.2, 0.25) is 0 Å². The number of nitrogens with zero attached hydrogens (tertiary/aromatic N) is 2. The van der Waals surface area contributed by atoms with Gasteiger partial charge in [0, 0.05) is 23.7 Å². The van der Waals surface area contributed by atoms with Crippen LogP contribution in [0.4, 0.5) is 10.1 Å². The second-order valence-electron chi connectivity index (χ2n) is 5.73. The monoisotopic (exact) mass is 355 g/mol. The molecule has 7 heteroatoms. The number of amides is 1. The largest absolute Gasteiger partial charge is 0.493 e. The fraction of sp³-hybridized carbons (Fsp3) is 0.211. The number of aromatic nitrogens is 2. The van der Waals surface area contributed by atoms with Gasteiger partial charge in [-0.1, -0.05) is 12.1 Å². The lowest BCUT2D eigenvalue weighted by molar-refractivity contribution is -0.116. The van der Waals surface area contributed by atoms with Crippen molar-refractivity contribution in [2.45, 2.75) is 19.8 Å². The van der Waals surface area contributed by atoms with Crippen molar-refractivity contribution in [2.75, 3.05) is 11.9 Å². The Bertz CT molecular complexity index is 881. The number of benzene rings is 2. The molecule has 3 aromatic rings. The molecule has 26 heavy (non-hydrogen) atoms. The highest BCUT2D eigenvalue weighted by Gasteiger charge is 2.09. The van der Waals surface area contributed by atoms with Gasteiger partial charge in [0.1, 0.15) is 11.6 Å². The number of nitrogens with one attached hydrogen (secondary N) is 1. The van der Waals surface area contributed by atoms with E-state index in [9.17, 15) is 9.18 Å². The summed E-state index contributed by atoms with van der Waals surface area (Å²) >= 11 is 0. The van der Waals surface area contributed by atoms with E-state index in [-0.39, 0.29) is 11.7 Å². The van der Waals surface area contributed by atoms with Crippen molar-refractivity contribution < 1.29 is 18.3 Å². The lowest BCUT2D eigenvalue weighted by atomic mass is 10.1. The van der Waals surface area contributed by atoms with Crippen LogP contribution in [0.25, 0.3) is 11.5 Å². The van der Waals surface area contributed by atoms with E-state index in [1.807, 2.05) is 19.1 Å². The van der Waals surface area contributed by atoms with Crippen molar-refractivity contribution in [1.82, 2.24) is 10.2 Å². The number of aryl methyl sites for hydroxylation is 1. The third-order valence-corrected chi connectivity index (χ3v) is 3.73. The Morgan fingerprint density at radius 3 is 2.92 bits per heavy atom. The first-order chi connectivity index (χ1) is 12.6. The van der Waals surface area contributed by atoms with Gasteiger partial charge < -0.3 is 14.5 Å². The van der Waals surface area contributed by atoms with Gasteiger partial charge in [0.25, 0.3) is 0 Å². The van der Waals surface area contributed by atoms with Crippen molar-refractivity contribution in [1.29, 1.82) is 0 Å². The molecule has 1 amide bonds. The van der Waals surface area contributed by atoms with Crippen LogP contribution < -0.4 is 10.1 Å². The molecule has 0 aliphatic carbocycles. The average molecular weight is 355 g/mol. The summed E-state index contributed by atoms with van der Waals surface area (Å²) in [7, 11) is 0. The summed E-state index contributed by atoms with van der Waals surface area (Å²) < 4.78 is 23.7. The molecule has 134 valence electrons. The van der Waals surface area contributed by atoms with E-state index in [1.54, 1.807) is 18.2 Å². The second kappa shape index (κ2) is 8.24. The molecule has 0 atom stereocenters. The number of carbonyl (C=O) groups is 1. The summed E-state index contributed by atoms with van der Waals surface area (Å²) in [6, 6.07) is 11.4. The molecule has 0 saturated carbocycles. The average Bonchev–Trinajstić information content (AvgIpc) is 3.15. The zero-order valence-electron chi connectivity index (χ0n) is 14.2. The fourth-order valence-corrected chi connectivity index (χ4v) is 2.38. The first kappa shape index (κ1) is 17.6. The molecule has 0 aliphatic heterocycles. The molecular formula is C19H18FN3O3. The van der Waals surface area contributed by atoms with E-state index in [1.165, 1.54) is 18.5 Å². The van der Waals surface area contributed by atoms with E-state index >= 15 is 0 Å². The number of carbonyl (C=O) groups excluding carboxylic acids is 1. The Hall–Kier alpha value is -3.22. The Morgan fingerprint density at radius 2 is 2.15 bits per heavy atom. The molecule has 0 radical (unpaired) electrons. The summed E-state index contributed by atoms with van der Waals surface area (Å²) in [6.07, 6.45) is 2.07. The van der Waals surface area contributed by atoms with Crippen LogP contribution in [0, 0.1) is 12.7 Å². The SMILES string of the molecule is Cc1ccc(-c2nnco2)cc1NC(=O)CCCOc1cccc(F)c1. The van der Waals surface area contributed by atoms with Crippen LogP contribution in [0.5, 0.6) is 5.75 Å². The Kier molecular flexibility index (Phi) is 5.58. The first-order valence-electron chi connectivity index (χ1n) is 8.17. The molecule has 0 saturated heterocycles. The molecule has 3 rings (SSSR count). The van der Waals surface area contributed by atoms with Crippen molar-refractivity contribution in [3.05, 3.63) is 60.2 Å². The minimum absolute atomic E-state index is 0.126. The Balaban J connectivity index is 1.51.